The van der Waals surface area contributed by atoms with E-state index in [0.717, 1.165) is 17.0 Å². The molecule has 28 heavy (non-hydrogen) atoms. The fraction of sp³-hybridized carbons (Fsp3) is 0.217. The molecule has 1 amide bonds. The number of amides is 1. The van der Waals surface area contributed by atoms with Gasteiger partial charge in [0.15, 0.2) is 0 Å². The third-order valence-electron chi connectivity index (χ3n) is 4.10. The average molecular weight is 375 g/mol. The number of rotatable bonds is 7. The molecule has 0 saturated carbocycles. The van der Waals surface area contributed by atoms with Crippen LogP contribution in [0.25, 0.3) is 0 Å². The first-order valence-electron chi connectivity index (χ1n) is 9.33. The van der Waals surface area contributed by atoms with Gasteiger partial charge in [-0.25, -0.2) is 4.98 Å². The number of nitrogens with zero attached hydrogens (tertiary/aromatic N) is 1. The average Bonchev–Trinajstić information content (AvgIpc) is 2.69. The second-order valence-corrected chi connectivity index (χ2v) is 6.92. The molecule has 3 rings (SSSR count). The molecular weight excluding hydrogens is 350 g/mol. The van der Waals surface area contributed by atoms with E-state index in [2.05, 4.69) is 15.6 Å². The molecule has 1 heterocycles. The van der Waals surface area contributed by atoms with Crippen molar-refractivity contribution in [3.05, 3.63) is 83.6 Å². The SMILES string of the molecule is Cc1ccc(CNC(=O)c2ccc(Nc3ccc(OC(C)C)cc3)nc2)cc1. The van der Waals surface area contributed by atoms with E-state index in [1.807, 2.05) is 69.3 Å². The number of aryl methyl sites for hydroxylation is 1. The quantitative estimate of drug-likeness (QED) is 0.620. The molecule has 0 radical (unpaired) electrons. The first kappa shape index (κ1) is 19.4. The molecule has 0 atom stereocenters. The molecule has 0 bridgehead atoms. The van der Waals surface area contributed by atoms with Crippen LogP contribution in [0.4, 0.5) is 11.5 Å². The largest absolute Gasteiger partial charge is 0.491 e. The topological polar surface area (TPSA) is 63.2 Å². The highest BCUT2D eigenvalue weighted by Gasteiger charge is 2.06. The first-order chi connectivity index (χ1) is 13.5. The summed E-state index contributed by atoms with van der Waals surface area (Å²) < 4.78 is 5.63. The van der Waals surface area contributed by atoms with Crippen LogP contribution in [-0.2, 0) is 6.54 Å². The van der Waals surface area contributed by atoms with Gasteiger partial charge in [0.25, 0.3) is 5.91 Å². The lowest BCUT2D eigenvalue weighted by atomic mass is 10.1. The van der Waals surface area contributed by atoms with Gasteiger partial charge in [0.1, 0.15) is 11.6 Å². The monoisotopic (exact) mass is 375 g/mol. The maximum absolute atomic E-state index is 12.3. The fourth-order valence-electron chi connectivity index (χ4n) is 2.63. The third-order valence-corrected chi connectivity index (χ3v) is 4.10. The van der Waals surface area contributed by atoms with E-state index < -0.39 is 0 Å². The highest BCUT2D eigenvalue weighted by molar-refractivity contribution is 5.94. The van der Waals surface area contributed by atoms with Crippen LogP contribution >= 0.6 is 0 Å². The molecule has 2 N–H and O–H groups in total. The Morgan fingerprint density at radius 1 is 1.00 bits per heavy atom. The van der Waals surface area contributed by atoms with Crippen LogP contribution in [0.2, 0.25) is 0 Å². The number of carbonyl (C=O) groups excluding carboxylic acids is 1. The van der Waals surface area contributed by atoms with Gasteiger partial charge in [-0.05, 0) is 62.7 Å². The lowest BCUT2D eigenvalue weighted by Crippen LogP contribution is -2.22. The Balaban J connectivity index is 1.55. The van der Waals surface area contributed by atoms with E-state index in [4.69, 9.17) is 4.74 Å². The summed E-state index contributed by atoms with van der Waals surface area (Å²) in [5.41, 5.74) is 3.69. The Bertz CT molecular complexity index is 902. The minimum atomic E-state index is -0.144. The van der Waals surface area contributed by atoms with Gasteiger partial charge in [0, 0.05) is 18.4 Å². The number of anilines is 2. The van der Waals surface area contributed by atoms with E-state index in [9.17, 15) is 4.79 Å². The highest BCUT2D eigenvalue weighted by Crippen LogP contribution is 2.20. The number of aromatic nitrogens is 1. The zero-order chi connectivity index (χ0) is 19.9. The van der Waals surface area contributed by atoms with Crippen molar-refractivity contribution in [2.45, 2.75) is 33.4 Å². The summed E-state index contributed by atoms with van der Waals surface area (Å²) in [4.78, 5) is 16.6. The lowest BCUT2D eigenvalue weighted by Gasteiger charge is -2.11. The summed E-state index contributed by atoms with van der Waals surface area (Å²) in [7, 11) is 0. The third kappa shape index (κ3) is 5.58. The number of nitrogens with one attached hydrogen (secondary N) is 2. The summed E-state index contributed by atoms with van der Waals surface area (Å²) in [6.45, 7) is 6.52. The molecule has 1 aromatic heterocycles. The van der Waals surface area contributed by atoms with Gasteiger partial charge in [0.05, 0.1) is 11.7 Å². The second kappa shape index (κ2) is 9.04. The molecule has 0 spiro atoms. The van der Waals surface area contributed by atoms with Gasteiger partial charge in [-0.1, -0.05) is 29.8 Å². The van der Waals surface area contributed by atoms with Crippen molar-refractivity contribution in [2.24, 2.45) is 0 Å². The van der Waals surface area contributed by atoms with Crippen LogP contribution in [0.15, 0.2) is 66.9 Å². The van der Waals surface area contributed by atoms with Gasteiger partial charge in [0.2, 0.25) is 0 Å². The zero-order valence-electron chi connectivity index (χ0n) is 16.4. The molecule has 0 saturated heterocycles. The summed E-state index contributed by atoms with van der Waals surface area (Å²) in [5, 5.41) is 6.13. The number of hydrogen-bond acceptors (Lipinski definition) is 4. The minimum absolute atomic E-state index is 0.144. The second-order valence-electron chi connectivity index (χ2n) is 6.92. The van der Waals surface area contributed by atoms with Gasteiger partial charge in [-0.2, -0.15) is 0 Å². The van der Waals surface area contributed by atoms with Crippen LogP contribution in [0.3, 0.4) is 0 Å². The molecule has 0 aliphatic carbocycles. The molecule has 5 nitrogen and oxygen atoms in total. The van der Waals surface area contributed by atoms with E-state index >= 15 is 0 Å². The number of hydrogen-bond donors (Lipinski definition) is 2. The number of benzene rings is 2. The van der Waals surface area contributed by atoms with Crippen molar-refractivity contribution in [1.29, 1.82) is 0 Å². The Labute approximate surface area is 165 Å². The van der Waals surface area contributed by atoms with Crippen molar-refractivity contribution >= 4 is 17.4 Å². The molecule has 0 unspecified atom stereocenters. The van der Waals surface area contributed by atoms with Crippen LogP contribution in [0.1, 0.15) is 35.3 Å². The first-order valence-corrected chi connectivity index (χ1v) is 9.33. The predicted molar refractivity (Wildman–Crippen MR) is 112 cm³/mol. The minimum Gasteiger partial charge on any atom is -0.491 e. The smallest absolute Gasteiger partial charge is 0.253 e. The Morgan fingerprint density at radius 2 is 1.71 bits per heavy atom. The molecule has 2 aromatic carbocycles. The Morgan fingerprint density at radius 3 is 2.32 bits per heavy atom. The van der Waals surface area contributed by atoms with Gasteiger partial charge >= 0.3 is 0 Å². The number of pyridine rings is 1. The fourth-order valence-corrected chi connectivity index (χ4v) is 2.63. The molecular formula is C23H25N3O2. The van der Waals surface area contributed by atoms with Gasteiger partial charge in [-0.3, -0.25) is 4.79 Å². The molecule has 0 aliphatic heterocycles. The Hall–Kier alpha value is -3.34. The summed E-state index contributed by atoms with van der Waals surface area (Å²) >= 11 is 0. The summed E-state index contributed by atoms with van der Waals surface area (Å²) in [6, 6.07) is 19.3. The standard InChI is InChI=1S/C23H25N3O2/c1-16(2)28-21-11-9-20(10-12-21)26-22-13-8-19(15-24-22)23(27)25-14-18-6-4-17(3)5-7-18/h4-13,15-16H,14H2,1-3H3,(H,24,26)(H,25,27). The van der Waals surface area contributed by atoms with Gasteiger partial charge in [-0.15, -0.1) is 0 Å². The number of ether oxygens (including phenoxy) is 1. The van der Waals surface area contributed by atoms with Crippen molar-refractivity contribution < 1.29 is 9.53 Å². The molecule has 0 aliphatic rings. The van der Waals surface area contributed by atoms with Crippen molar-refractivity contribution in [1.82, 2.24) is 10.3 Å². The molecule has 0 fully saturated rings. The van der Waals surface area contributed by atoms with E-state index in [-0.39, 0.29) is 12.0 Å². The van der Waals surface area contributed by atoms with Crippen LogP contribution in [0, 0.1) is 6.92 Å². The summed E-state index contributed by atoms with van der Waals surface area (Å²) in [6.07, 6.45) is 1.72. The normalized spacial score (nSPS) is 10.6. The molecule has 144 valence electrons. The van der Waals surface area contributed by atoms with Crippen molar-refractivity contribution in [3.63, 3.8) is 0 Å². The maximum atomic E-state index is 12.3. The van der Waals surface area contributed by atoms with E-state index in [1.165, 1.54) is 5.56 Å². The Kier molecular flexibility index (Phi) is 6.27. The maximum Gasteiger partial charge on any atom is 0.253 e. The van der Waals surface area contributed by atoms with Crippen molar-refractivity contribution in [3.8, 4) is 5.75 Å². The van der Waals surface area contributed by atoms with Gasteiger partial charge < -0.3 is 15.4 Å². The summed E-state index contributed by atoms with van der Waals surface area (Å²) in [5.74, 6) is 1.36. The van der Waals surface area contributed by atoms with E-state index in [0.29, 0.717) is 17.9 Å². The van der Waals surface area contributed by atoms with Crippen molar-refractivity contribution in [2.75, 3.05) is 5.32 Å². The highest BCUT2D eigenvalue weighted by atomic mass is 16.5. The van der Waals surface area contributed by atoms with E-state index in [1.54, 1.807) is 18.3 Å². The van der Waals surface area contributed by atoms with Crippen LogP contribution in [-0.4, -0.2) is 17.0 Å². The molecule has 5 heteroatoms. The zero-order valence-corrected chi connectivity index (χ0v) is 16.4. The number of carbonyl (C=O) groups is 1. The predicted octanol–water partition coefficient (Wildman–Crippen LogP) is 4.85. The molecule has 3 aromatic rings. The van der Waals surface area contributed by atoms with Crippen LogP contribution < -0.4 is 15.4 Å². The van der Waals surface area contributed by atoms with Crippen LogP contribution in [0.5, 0.6) is 5.75 Å². The lowest BCUT2D eigenvalue weighted by molar-refractivity contribution is 0.0950.